The van der Waals surface area contributed by atoms with E-state index >= 15 is 0 Å². The van der Waals surface area contributed by atoms with Gasteiger partial charge in [0.05, 0.1) is 12.5 Å². The standard InChI is InChI=1S/C19H25Cl2N3O2/c20-15-5-6-16(21)14(9-15)10-18(25)24-8-2-3-13(12-24)11-23-19(26)17-4-1-7-22-17/h5-6,9,13,17,22H,1-4,7-8,10-12H2,(H,23,26). The van der Waals surface area contributed by atoms with Crippen molar-refractivity contribution in [1.82, 2.24) is 15.5 Å². The lowest BCUT2D eigenvalue weighted by Crippen LogP contribution is -2.47. The number of amides is 2. The molecule has 0 saturated carbocycles. The third-order valence-electron chi connectivity index (χ3n) is 5.16. The first-order valence-corrected chi connectivity index (χ1v) is 10.0. The van der Waals surface area contributed by atoms with Crippen LogP contribution in [0.5, 0.6) is 0 Å². The van der Waals surface area contributed by atoms with E-state index in [0.717, 1.165) is 44.3 Å². The number of likely N-dealkylation sites (tertiary alicyclic amines) is 1. The molecule has 0 aliphatic carbocycles. The van der Waals surface area contributed by atoms with Crippen LogP contribution in [-0.4, -0.2) is 48.9 Å². The molecule has 2 fully saturated rings. The maximum absolute atomic E-state index is 12.7. The monoisotopic (exact) mass is 397 g/mol. The van der Waals surface area contributed by atoms with Gasteiger partial charge in [0.2, 0.25) is 11.8 Å². The topological polar surface area (TPSA) is 61.4 Å². The zero-order chi connectivity index (χ0) is 18.5. The van der Waals surface area contributed by atoms with Crippen LogP contribution in [0.3, 0.4) is 0 Å². The number of benzene rings is 1. The van der Waals surface area contributed by atoms with Gasteiger partial charge in [0.15, 0.2) is 0 Å². The first-order valence-electron chi connectivity index (χ1n) is 9.25. The van der Waals surface area contributed by atoms with E-state index in [1.807, 2.05) is 4.90 Å². The molecule has 7 heteroatoms. The van der Waals surface area contributed by atoms with Crippen LogP contribution in [0.4, 0.5) is 0 Å². The zero-order valence-electron chi connectivity index (χ0n) is 14.8. The smallest absolute Gasteiger partial charge is 0.237 e. The van der Waals surface area contributed by atoms with E-state index in [1.54, 1.807) is 18.2 Å². The Kier molecular flexibility index (Phi) is 6.79. The van der Waals surface area contributed by atoms with E-state index in [4.69, 9.17) is 23.2 Å². The van der Waals surface area contributed by atoms with Gasteiger partial charge in [-0.3, -0.25) is 9.59 Å². The molecule has 2 heterocycles. The second kappa shape index (κ2) is 9.07. The van der Waals surface area contributed by atoms with Gasteiger partial charge in [-0.25, -0.2) is 0 Å². The summed E-state index contributed by atoms with van der Waals surface area (Å²) in [5.74, 6) is 0.437. The van der Waals surface area contributed by atoms with E-state index in [-0.39, 0.29) is 24.3 Å². The number of nitrogens with zero attached hydrogens (tertiary/aromatic N) is 1. The minimum atomic E-state index is -0.0544. The Morgan fingerprint density at radius 1 is 1.23 bits per heavy atom. The highest BCUT2D eigenvalue weighted by molar-refractivity contribution is 6.33. The van der Waals surface area contributed by atoms with Gasteiger partial charge >= 0.3 is 0 Å². The van der Waals surface area contributed by atoms with Crippen molar-refractivity contribution in [2.45, 2.75) is 38.1 Å². The van der Waals surface area contributed by atoms with Crippen LogP contribution in [0.25, 0.3) is 0 Å². The van der Waals surface area contributed by atoms with E-state index < -0.39 is 0 Å². The summed E-state index contributed by atoms with van der Waals surface area (Å²) in [6, 6.07) is 5.13. The summed E-state index contributed by atoms with van der Waals surface area (Å²) in [7, 11) is 0. The van der Waals surface area contributed by atoms with E-state index in [9.17, 15) is 9.59 Å². The van der Waals surface area contributed by atoms with Crippen LogP contribution in [0.15, 0.2) is 18.2 Å². The third kappa shape index (κ3) is 5.12. The first-order chi connectivity index (χ1) is 12.5. The summed E-state index contributed by atoms with van der Waals surface area (Å²) in [6.07, 6.45) is 4.19. The SMILES string of the molecule is O=C(NCC1CCCN(C(=O)Cc2cc(Cl)ccc2Cl)C1)C1CCCN1. The summed E-state index contributed by atoms with van der Waals surface area (Å²) in [5, 5.41) is 7.39. The molecular weight excluding hydrogens is 373 g/mol. The number of nitrogens with one attached hydrogen (secondary N) is 2. The maximum atomic E-state index is 12.7. The van der Waals surface area contributed by atoms with E-state index in [0.29, 0.717) is 29.1 Å². The minimum absolute atomic E-state index is 0.0544. The van der Waals surface area contributed by atoms with Crippen LogP contribution in [0, 0.1) is 5.92 Å². The summed E-state index contributed by atoms with van der Waals surface area (Å²) < 4.78 is 0. The first kappa shape index (κ1) is 19.5. The molecule has 0 bridgehead atoms. The summed E-state index contributed by atoms with van der Waals surface area (Å²) >= 11 is 12.2. The Morgan fingerprint density at radius 2 is 2.08 bits per heavy atom. The highest BCUT2D eigenvalue weighted by atomic mass is 35.5. The van der Waals surface area contributed by atoms with Gasteiger partial charge in [-0.15, -0.1) is 0 Å². The fraction of sp³-hybridized carbons (Fsp3) is 0.579. The van der Waals surface area contributed by atoms with Gasteiger partial charge in [0, 0.05) is 29.7 Å². The average molecular weight is 398 g/mol. The molecule has 3 rings (SSSR count). The van der Waals surface area contributed by atoms with Crippen molar-refractivity contribution >= 4 is 35.0 Å². The highest BCUT2D eigenvalue weighted by Gasteiger charge is 2.26. The van der Waals surface area contributed by atoms with Gasteiger partial charge in [0.1, 0.15) is 0 Å². The molecule has 2 unspecified atom stereocenters. The Bertz CT molecular complexity index is 662. The molecule has 0 spiro atoms. The quantitative estimate of drug-likeness (QED) is 0.802. The molecule has 2 atom stereocenters. The van der Waals surface area contributed by atoms with Gasteiger partial charge in [-0.05, 0) is 61.9 Å². The Balaban J connectivity index is 1.50. The summed E-state index contributed by atoms with van der Waals surface area (Å²) in [4.78, 5) is 26.7. The molecule has 1 aromatic carbocycles. The molecule has 1 aromatic rings. The van der Waals surface area contributed by atoms with Crippen molar-refractivity contribution in [2.75, 3.05) is 26.2 Å². The van der Waals surface area contributed by atoms with Gasteiger partial charge in [-0.2, -0.15) is 0 Å². The van der Waals surface area contributed by atoms with E-state index in [2.05, 4.69) is 10.6 Å². The van der Waals surface area contributed by atoms with Crippen LogP contribution in [0.2, 0.25) is 10.0 Å². The molecule has 0 radical (unpaired) electrons. The Hall–Kier alpha value is -1.30. The predicted octanol–water partition coefficient (Wildman–Crippen LogP) is 2.64. The van der Waals surface area contributed by atoms with Crippen molar-refractivity contribution in [2.24, 2.45) is 5.92 Å². The molecular formula is C19H25Cl2N3O2. The number of carbonyl (C=O) groups is 2. The zero-order valence-corrected chi connectivity index (χ0v) is 16.3. The Labute approximate surface area is 164 Å². The predicted molar refractivity (Wildman–Crippen MR) is 104 cm³/mol. The van der Waals surface area contributed by atoms with Gasteiger partial charge < -0.3 is 15.5 Å². The number of hydrogen-bond donors (Lipinski definition) is 2. The average Bonchev–Trinajstić information content (AvgIpc) is 3.18. The van der Waals surface area contributed by atoms with Crippen LogP contribution in [0.1, 0.15) is 31.2 Å². The molecule has 2 N–H and O–H groups in total. The number of piperidine rings is 1. The molecule has 2 amide bonds. The second-order valence-electron chi connectivity index (χ2n) is 7.15. The van der Waals surface area contributed by atoms with Crippen molar-refractivity contribution in [1.29, 1.82) is 0 Å². The number of carbonyl (C=O) groups excluding carboxylic acids is 2. The lowest BCUT2D eigenvalue weighted by Gasteiger charge is -2.33. The Morgan fingerprint density at radius 3 is 2.85 bits per heavy atom. The number of hydrogen-bond acceptors (Lipinski definition) is 3. The van der Waals surface area contributed by atoms with Crippen molar-refractivity contribution in [3.8, 4) is 0 Å². The fourth-order valence-electron chi connectivity index (χ4n) is 3.69. The normalized spacial score (nSPS) is 23.1. The lowest BCUT2D eigenvalue weighted by atomic mass is 9.97. The molecule has 142 valence electrons. The second-order valence-corrected chi connectivity index (χ2v) is 8.00. The minimum Gasteiger partial charge on any atom is -0.354 e. The number of halogens is 2. The highest BCUT2D eigenvalue weighted by Crippen LogP contribution is 2.23. The molecule has 5 nitrogen and oxygen atoms in total. The van der Waals surface area contributed by atoms with Crippen LogP contribution in [-0.2, 0) is 16.0 Å². The summed E-state index contributed by atoms with van der Waals surface area (Å²) in [5.41, 5.74) is 0.756. The molecule has 26 heavy (non-hydrogen) atoms. The van der Waals surface area contributed by atoms with Gasteiger partial charge in [0.25, 0.3) is 0 Å². The van der Waals surface area contributed by atoms with Crippen molar-refractivity contribution in [3.05, 3.63) is 33.8 Å². The van der Waals surface area contributed by atoms with Crippen LogP contribution >= 0.6 is 23.2 Å². The largest absolute Gasteiger partial charge is 0.354 e. The van der Waals surface area contributed by atoms with Crippen molar-refractivity contribution in [3.63, 3.8) is 0 Å². The van der Waals surface area contributed by atoms with Crippen LogP contribution < -0.4 is 10.6 Å². The molecule has 2 aliphatic heterocycles. The van der Waals surface area contributed by atoms with Crippen molar-refractivity contribution < 1.29 is 9.59 Å². The molecule has 2 saturated heterocycles. The fourth-order valence-corrected chi connectivity index (χ4v) is 4.07. The molecule has 2 aliphatic rings. The molecule has 0 aromatic heterocycles. The number of rotatable bonds is 5. The van der Waals surface area contributed by atoms with Gasteiger partial charge in [-0.1, -0.05) is 23.2 Å². The summed E-state index contributed by atoms with van der Waals surface area (Å²) in [6.45, 7) is 2.97. The lowest BCUT2D eigenvalue weighted by molar-refractivity contribution is -0.132. The maximum Gasteiger partial charge on any atom is 0.237 e. The van der Waals surface area contributed by atoms with E-state index in [1.165, 1.54) is 0 Å². The third-order valence-corrected chi connectivity index (χ3v) is 5.77.